The Kier molecular flexibility index (Phi) is 2.20. The van der Waals surface area contributed by atoms with Gasteiger partial charge in [-0.3, -0.25) is 9.89 Å². The minimum atomic E-state index is -0.940. The fourth-order valence-electron chi connectivity index (χ4n) is 1.15. The van der Waals surface area contributed by atoms with Gasteiger partial charge in [0.2, 0.25) is 0 Å². The van der Waals surface area contributed by atoms with Gasteiger partial charge in [0, 0.05) is 0 Å². The fourth-order valence-corrected chi connectivity index (χ4v) is 1.15. The molecule has 2 aromatic rings. The minimum absolute atomic E-state index is 0.462. The highest BCUT2D eigenvalue weighted by Gasteiger charge is 2.13. The van der Waals surface area contributed by atoms with Crippen LogP contribution in [0.1, 0.15) is 6.92 Å². The predicted octanol–water partition coefficient (Wildman–Crippen LogP) is 0.238. The fraction of sp³-hybridized carbons (Fsp3) is 0.250. The van der Waals surface area contributed by atoms with Gasteiger partial charge in [0.05, 0.1) is 11.6 Å². The molecular weight excluding hydrogens is 198 g/mol. The second-order valence-electron chi connectivity index (χ2n) is 3.06. The van der Waals surface area contributed by atoms with Crippen LogP contribution in [-0.4, -0.2) is 37.3 Å². The van der Waals surface area contributed by atoms with Crippen LogP contribution in [0, 0.1) is 0 Å². The Morgan fingerprint density at radius 2 is 2.40 bits per heavy atom. The lowest BCUT2D eigenvalue weighted by Crippen LogP contribution is -2.25. The van der Waals surface area contributed by atoms with Crippen LogP contribution < -0.4 is 5.32 Å². The molecule has 7 heteroatoms. The van der Waals surface area contributed by atoms with E-state index < -0.39 is 12.0 Å². The molecule has 0 saturated carbocycles. The zero-order chi connectivity index (χ0) is 10.8. The lowest BCUT2D eigenvalue weighted by atomic mass is 10.3. The van der Waals surface area contributed by atoms with Crippen LogP contribution in [0.25, 0.3) is 11.0 Å². The lowest BCUT2D eigenvalue weighted by molar-refractivity contribution is -0.137. The Bertz CT molecular complexity index is 494. The maximum Gasteiger partial charge on any atom is 0.325 e. The third-order valence-corrected chi connectivity index (χ3v) is 1.97. The SMILES string of the molecule is CC(Nc1ncnc2[nH]ncc12)C(=O)O. The van der Waals surface area contributed by atoms with Crippen molar-refractivity contribution in [2.75, 3.05) is 5.32 Å². The summed E-state index contributed by atoms with van der Waals surface area (Å²) in [6, 6.07) is -0.710. The van der Waals surface area contributed by atoms with E-state index >= 15 is 0 Å². The third-order valence-electron chi connectivity index (χ3n) is 1.97. The van der Waals surface area contributed by atoms with Crippen LogP contribution in [0.5, 0.6) is 0 Å². The number of aromatic nitrogens is 4. The number of anilines is 1. The van der Waals surface area contributed by atoms with E-state index in [9.17, 15) is 4.79 Å². The molecule has 0 aliphatic rings. The van der Waals surface area contributed by atoms with Gasteiger partial charge < -0.3 is 10.4 Å². The van der Waals surface area contributed by atoms with Crippen molar-refractivity contribution >= 4 is 22.8 Å². The molecule has 15 heavy (non-hydrogen) atoms. The maximum atomic E-state index is 10.6. The summed E-state index contributed by atoms with van der Waals surface area (Å²) in [4.78, 5) is 18.5. The Hall–Kier alpha value is -2.18. The Morgan fingerprint density at radius 1 is 1.60 bits per heavy atom. The normalized spacial score (nSPS) is 12.6. The largest absolute Gasteiger partial charge is 0.480 e. The average Bonchev–Trinajstić information content (AvgIpc) is 2.66. The van der Waals surface area contributed by atoms with Gasteiger partial charge in [0.25, 0.3) is 0 Å². The topological polar surface area (TPSA) is 104 Å². The monoisotopic (exact) mass is 207 g/mol. The molecule has 0 radical (unpaired) electrons. The van der Waals surface area contributed by atoms with Crippen molar-refractivity contribution in [3.05, 3.63) is 12.5 Å². The van der Waals surface area contributed by atoms with Crippen LogP contribution in [0.3, 0.4) is 0 Å². The number of rotatable bonds is 3. The quantitative estimate of drug-likeness (QED) is 0.665. The highest BCUT2D eigenvalue weighted by Crippen LogP contribution is 2.16. The number of H-pyrrole nitrogens is 1. The lowest BCUT2D eigenvalue weighted by Gasteiger charge is -2.09. The van der Waals surface area contributed by atoms with E-state index in [1.807, 2.05) is 0 Å². The summed E-state index contributed by atoms with van der Waals surface area (Å²) in [7, 11) is 0. The van der Waals surface area contributed by atoms with Crippen LogP contribution in [0.4, 0.5) is 5.82 Å². The second kappa shape index (κ2) is 3.52. The molecule has 0 aliphatic carbocycles. The van der Waals surface area contributed by atoms with Crippen molar-refractivity contribution in [1.29, 1.82) is 0 Å². The molecule has 0 aliphatic heterocycles. The van der Waals surface area contributed by atoms with Crippen molar-refractivity contribution in [2.24, 2.45) is 0 Å². The van der Waals surface area contributed by atoms with Gasteiger partial charge in [-0.15, -0.1) is 0 Å². The number of fused-ring (bicyclic) bond motifs is 1. The van der Waals surface area contributed by atoms with E-state index in [1.54, 1.807) is 6.20 Å². The van der Waals surface area contributed by atoms with Crippen LogP contribution in [0.15, 0.2) is 12.5 Å². The molecule has 0 spiro atoms. The molecule has 2 heterocycles. The molecule has 2 rings (SSSR count). The van der Waals surface area contributed by atoms with Gasteiger partial charge in [-0.05, 0) is 6.92 Å². The first-order valence-electron chi connectivity index (χ1n) is 4.32. The third kappa shape index (κ3) is 1.71. The highest BCUT2D eigenvalue weighted by molar-refractivity contribution is 5.87. The van der Waals surface area contributed by atoms with E-state index in [2.05, 4.69) is 25.5 Å². The van der Waals surface area contributed by atoms with Crippen LogP contribution in [-0.2, 0) is 4.79 Å². The van der Waals surface area contributed by atoms with Gasteiger partial charge >= 0.3 is 5.97 Å². The van der Waals surface area contributed by atoms with Gasteiger partial charge in [-0.2, -0.15) is 5.10 Å². The summed E-state index contributed by atoms with van der Waals surface area (Å²) in [5.74, 6) is -0.478. The first-order valence-corrected chi connectivity index (χ1v) is 4.32. The summed E-state index contributed by atoms with van der Waals surface area (Å²) in [6.45, 7) is 1.54. The summed E-state index contributed by atoms with van der Waals surface area (Å²) < 4.78 is 0. The number of carbonyl (C=O) groups is 1. The van der Waals surface area contributed by atoms with Crippen molar-refractivity contribution in [3.8, 4) is 0 Å². The molecule has 0 bridgehead atoms. The molecular formula is C8H9N5O2. The number of carboxylic acids is 1. The van der Waals surface area contributed by atoms with E-state index in [0.717, 1.165) is 0 Å². The number of aliphatic carboxylic acids is 1. The molecule has 0 fully saturated rings. The molecule has 0 aromatic carbocycles. The predicted molar refractivity (Wildman–Crippen MR) is 52.4 cm³/mol. The van der Waals surface area contributed by atoms with Crippen LogP contribution >= 0.6 is 0 Å². The second-order valence-corrected chi connectivity index (χ2v) is 3.06. The van der Waals surface area contributed by atoms with E-state index in [-0.39, 0.29) is 0 Å². The molecule has 0 saturated heterocycles. The van der Waals surface area contributed by atoms with E-state index in [0.29, 0.717) is 16.9 Å². The van der Waals surface area contributed by atoms with Gasteiger partial charge in [-0.25, -0.2) is 9.97 Å². The smallest absolute Gasteiger partial charge is 0.325 e. The van der Waals surface area contributed by atoms with E-state index in [4.69, 9.17) is 5.11 Å². The van der Waals surface area contributed by atoms with Crippen LogP contribution in [0.2, 0.25) is 0 Å². The molecule has 1 atom stereocenters. The van der Waals surface area contributed by atoms with Gasteiger partial charge in [-0.1, -0.05) is 0 Å². The number of hydrogen-bond acceptors (Lipinski definition) is 5. The summed E-state index contributed by atoms with van der Waals surface area (Å²) >= 11 is 0. The molecule has 78 valence electrons. The van der Waals surface area contributed by atoms with E-state index in [1.165, 1.54) is 13.3 Å². The van der Waals surface area contributed by atoms with Gasteiger partial charge in [0.15, 0.2) is 5.65 Å². The first-order chi connectivity index (χ1) is 7.18. The van der Waals surface area contributed by atoms with Gasteiger partial charge in [0.1, 0.15) is 18.2 Å². The number of nitrogens with zero attached hydrogens (tertiary/aromatic N) is 3. The van der Waals surface area contributed by atoms with Crippen molar-refractivity contribution in [2.45, 2.75) is 13.0 Å². The Morgan fingerprint density at radius 3 is 3.13 bits per heavy atom. The molecule has 0 amide bonds. The minimum Gasteiger partial charge on any atom is -0.480 e. The average molecular weight is 207 g/mol. The summed E-state index contributed by atoms with van der Waals surface area (Å²) in [5, 5.41) is 18.6. The maximum absolute atomic E-state index is 10.6. The van der Waals surface area contributed by atoms with Crippen molar-refractivity contribution < 1.29 is 9.90 Å². The Labute approximate surface area is 84.6 Å². The number of carboxylic acid groups (broad SMARTS) is 1. The Balaban J connectivity index is 2.35. The van der Waals surface area contributed by atoms with Crippen molar-refractivity contribution in [3.63, 3.8) is 0 Å². The number of nitrogens with one attached hydrogen (secondary N) is 2. The number of hydrogen-bond donors (Lipinski definition) is 3. The summed E-state index contributed by atoms with van der Waals surface area (Å²) in [6.07, 6.45) is 2.89. The molecule has 1 unspecified atom stereocenters. The standard InChI is InChI=1S/C8H9N5O2/c1-4(8(14)15)12-6-5-2-11-13-7(5)10-3-9-6/h2-4H,1H3,(H,14,15)(H2,9,10,11,12,13). The van der Waals surface area contributed by atoms with Crippen molar-refractivity contribution in [1.82, 2.24) is 20.2 Å². The molecule has 3 N–H and O–H groups in total. The zero-order valence-electron chi connectivity index (χ0n) is 7.93. The summed E-state index contributed by atoms with van der Waals surface area (Å²) in [5.41, 5.74) is 0.574. The molecule has 2 aromatic heterocycles. The highest BCUT2D eigenvalue weighted by atomic mass is 16.4. The number of aromatic amines is 1. The molecule has 7 nitrogen and oxygen atoms in total. The first kappa shape index (κ1) is 9.38. The zero-order valence-corrected chi connectivity index (χ0v) is 7.93.